The number of carbonyl (C=O) groups excluding carboxylic acids is 1. The first kappa shape index (κ1) is 22.4. The van der Waals surface area contributed by atoms with Gasteiger partial charge < -0.3 is 15.4 Å². The molecule has 0 unspecified atom stereocenters. The first-order valence-corrected chi connectivity index (χ1v) is 6.70. The Balaban J connectivity index is 3.27. The van der Waals surface area contributed by atoms with Crippen molar-refractivity contribution in [1.29, 1.82) is 0 Å². The van der Waals surface area contributed by atoms with Crippen molar-refractivity contribution in [2.45, 2.75) is 24.1 Å². The SMILES string of the molecule is C=CC(NC(=O)Nc1cc(C(F)(F)F)ccc1OC)(C(F)(F)F)C(F)(F)F. The predicted molar refractivity (Wildman–Crippen MR) is 75.2 cm³/mol. The summed E-state index contributed by atoms with van der Waals surface area (Å²) in [6.07, 6.45) is -17.5. The molecule has 0 spiro atoms. The van der Waals surface area contributed by atoms with Gasteiger partial charge in [0.2, 0.25) is 0 Å². The molecule has 0 saturated carbocycles. The molecule has 27 heavy (non-hydrogen) atoms. The maximum Gasteiger partial charge on any atom is 0.424 e. The minimum Gasteiger partial charge on any atom is -0.495 e. The summed E-state index contributed by atoms with van der Waals surface area (Å²) in [5, 5.41) is 2.15. The van der Waals surface area contributed by atoms with E-state index in [1.807, 2.05) is 0 Å². The van der Waals surface area contributed by atoms with Crippen molar-refractivity contribution in [1.82, 2.24) is 5.32 Å². The Bertz CT molecular complexity index is 694. The number of halogens is 9. The van der Waals surface area contributed by atoms with Crippen LogP contribution in [0.4, 0.5) is 50.0 Å². The van der Waals surface area contributed by atoms with Crippen LogP contribution in [-0.2, 0) is 6.18 Å². The Kier molecular flexibility index (Phi) is 5.98. The second-order valence-corrected chi connectivity index (χ2v) is 5.00. The maximum absolute atomic E-state index is 12.9. The predicted octanol–water partition coefficient (Wildman–Crippen LogP) is 4.88. The highest BCUT2D eigenvalue weighted by molar-refractivity contribution is 5.92. The van der Waals surface area contributed by atoms with Gasteiger partial charge in [0.05, 0.1) is 18.4 Å². The molecule has 0 bridgehead atoms. The summed E-state index contributed by atoms with van der Waals surface area (Å²) in [5.41, 5.74) is -6.94. The molecular weight excluding hydrogens is 399 g/mol. The third-order valence-electron chi connectivity index (χ3n) is 3.29. The van der Waals surface area contributed by atoms with E-state index < -0.39 is 53.2 Å². The Hall–Kier alpha value is -2.60. The molecule has 2 N–H and O–H groups in total. The van der Waals surface area contributed by atoms with E-state index in [2.05, 4.69) is 11.3 Å². The number of anilines is 1. The van der Waals surface area contributed by atoms with Gasteiger partial charge in [0.25, 0.3) is 5.54 Å². The standard InChI is InChI=1S/C14H11F9N2O2/c1-3-11(13(18,19)20,14(21,22)23)25-10(26)24-8-6-7(12(15,16)17)4-5-9(8)27-2/h3-6H,1H2,2H3,(H2,24,25,26). The smallest absolute Gasteiger partial charge is 0.424 e. The highest BCUT2D eigenvalue weighted by Gasteiger charge is 2.70. The van der Waals surface area contributed by atoms with Crippen LogP contribution in [0, 0.1) is 0 Å². The summed E-state index contributed by atoms with van der Waals surface area (Å²) in [4.78, 5) is 11.7. The number of urea groups is 1. The molecule has 152 valence electrons. The van der Waals surface area contributed by atoms with Crippen LogP contribution in [0.3, 0.4) is 0 Å². The molecular formula is C14H11F9N2O2. The molecule has 1 aromatic carbocycles. The molecule has 0 radical (unpaired) electrons. The van der Waals surface area contributed by atoms with E-state index in [-0.39, 0.29) is 6.07 Å². The molecule has 1 aromatic rings. The number of amides is 2. The molecule has 0 saturated heterocycles. The minimum atomic E-state index is -6.03. The largest absolute Gasteiger partial charge is 0.495 e. The zero-order valence-electron chi connectivity index (χ0n) is 13.2. The van der Waals surface area contributed by atoms with Gasteiger partial charge >= 0.3 is 24.6 Å². The van der Waals surface area contributed by atoms with Gasteiger partial charge in [-0.05, 0) is 24.3 Å². The van der Waals surface area contributed by atoms with E-state index in [0.717, 1.165) is 13.2 Å². The summed E-state index contributed by atoms with van der Waals surface area (Å²) in [7, 11) is 0.963. The zero-order chi connectivity index (χ0) is 21.3. The Morgan fingerprint density at radius 1 is 1.04 bits per heavy atom. The molecule has 0 aliphatic rings. The minimum absolute atomic E-state index is 0.287. The maximum atomic E-state index is 12.9. The number of benzene rings is 1. The van der Waals surface area contributed by atoms with Crippen molar-refractivity contribution in [3.8, 4) is 5.75 Å². The summed E-state index contributed by atoms with van der Waals surface area (Å²) < 4.78 is 120. The van der Waals surface area contributed by atoms with E-state index in [1.165, 1.54) is 5.32 Å². The zero-order valence-corrected chi connectivity index (χ0v) is 13.2. The molecule has 0 aromatic heterocycles. The lowest BCUT2D eigenvalue weighted by Crippen LogP contribution is -2.66. The Morgan fingerprint density at radius 3 is 1.93 bits per heavy atom. The van der Waals surface area contributed by atoms with Crippen molar-refractivity contribution < 1.29 is 49.0 Å². The average Bonchev–Trinajstić information content (AvgIpc) is 2.49. The van der Waals surface area contributed by atoms with Gasteiger partial charge in [-0.3, -0.25) is 0 Å². The molecule has 0 atom stereocenters. The van der Waals surface area contributed by atoms with Gasteiger partial charge in [-0.15, -0.1) is 6.58 Å². The van der Waals surface area contributed by atoms with Crippen LogP contribution in [0.2, 0.25) is 0 Å². The quantitative estimate of drug-likeness (QED) is 0.549. The highest BCUT2D eigenvalue weighted by Crippen LogP contribution is 2.44. The normalized spacial score (nSPS) is 13.1. The fourth-order valence-electron chi connectivity index (χ4n) is 1.90. The Labute approximate surface area is 146 Å². The van der Waals surface area contributed by atoms with Gasteiger partial charge in [-0.2, -0.15) is 39.5 Å². The third-order valence-corrected chi connectivity index (χ3v) is 3.29. The van der Waals surface area contributed by atoms with Crippen LogP contribution >= 0.6 is 0 Å². The first-order valence-electron chi connectivity index (χ1n) is 6.70. The van der Waals surface area contributed by atoms with Crippen LogP contribution < -0.4 is 15.4 Å². The second kappa shape index (κ2) is 7.19. The number of rotatable bonds is 4. The lowest BCUT2D eigenvalue weighted by atomic mass is 9.98. The monoisotopic (exact) mass is 410 g/mol. The van der Waals surface area contributed by atoms with E-state index in [9.17, 15) is 44.3 Å². The van der Waals surface area contributed by atoms with E-state index in [4.69, 9.17) is 0 Å². The topological polar surface area (TPSA) is 50.4 Å². The van der Waals surface area contributed by atoms with Crippen LogP contribution in [0.5, 0.6) is 5.75 Å². The van der Waals surface area contributed by atoms with Crippen LogP contribution in [0.25, 0.3) is 0 Å². The molecule has 0 aliphatic heterocycles. The second-order valence-electron chi connectivity index (χ2n) is 5.00. The number of hydrogen-bond acceptors (Lipinski definition) is 2. The molecule has 2 amide bonds. The van der Waals surface area contributed by atoms with Gasteiger partial charge in [-0.1, -0.05) is 0 Å². The summed E-state index contributed by atoms with van der Waals surface area (Å²) in [6.45, 7) is 2.45. The van der Waals surface area contributed by atoms with Crippen LogP contribution in [-0.4, -0.2) is 31.0 Å². The van der Waals surface area contributed by atoms with Crippen LogP contribution in [0.1, 0.15) is 5.56 Å². The van der Waals surface area contributed by atoms with Crippen molar-refractivity contribution in [2.24, 2.45) is 0 Å². The third kappa shape index (κ3) is 4.57. The number of carbonyl (C=O) groups is 1. The van der Waals surface area contributed by atoms with Crippen molar-refractivity contribution in [3.05, 3.63) is 36.4 Å². The number of nitrogens with one attached hydrogen (secondary N) is 2. The van der Waals surface area contributed by atoms with Crippen molar-refractivity contribution >= 4 is 11.7 Å². The fourth-order valence-corrected chi connectivity index (χ4v) is 1.90. The summed E-state index contributed by atoms with van der Waals surface area (Å²) in [6, 6.07) is -0.523. The Morgan fingerprint density at radius 2 is 1.56 bits per heavy atom. The molecule has 13 heteroatoms. The average molecular weight is 410 g/mol. The molecule has 1 rings (SSSR count). The number of alkyl halides is 9. The fraction of sp³-hybridized carbons (Fsp3) is 0.357. The molecule has 0 aliphatic carbocycles. The van der Waals surface area contributed by atoms with E-state index in [0.29, 0.717) is 11.4 Å². The molecule has 4 nitrogen and oxygen atoms in total. The lowest BCUT2D eigenvalue weighted by molar-refractivity contribution is -0.286. The van der Waals surface area contributed by atoms with Gasteiger partial charge in [0.15, 0.2) is 0 Å². The summed E-state index contributed by atoms with van der Waals surface area (Å²) >= 11 is 0. The van der Waals surface area contributed by atoms with Gasteiger partial charge in [-0.25, -0.2) is 4.79 Å². The lowest BCUT2D eigenvalue weighted by Gasteiger charge is -2.35. The van der Waals surface area contributed by atoms with Gasteiger partial charge in [0.1, 0.15) is 5.75 Å². The number of ether oxygens (including phenoxy) is 1. The van der Waals surface area contributed by atoms with Gasteiger partial charge in [0, 0.05) is 0 Å². The van der Waals surface area contributed by atoms with E-state index in [1.54, 1.807) is 0 Å². The highest BCUT2D eigenvalue weighted by atomic mass is 19.4. The van der Waals surface area contributed by atoms with Crippen LogP contribution in [0.15, 0.2) is 30.9 Å². The summed E-state index contributed by atoms with van der Waals surface area (Å²) in [5.74, 6) is -0.429. The molecule has 0 fully saturated rings. The van der Waals surface area contributed by atoms with E-state index >= 15 is 0 Å². The first-order chi connectivity index (χ1) is 12.1. The number of hydrogen-bond donors (Lipinski definition) is 2. The number of methoxy groups -OCH3 is 1. The molecule has 0 heterocycles. The van der Waals surface area contributed by atoms with Crippen molar-refractivity contribution in [3.63, 3.8) is 0 Å². The van der Waals surface area contributed by atoms with Crippen molar-refractivity contribution in [2.75, 3.05) is 12.4 Å².